The van der Waals surface area contributed by atoms with E-state index in [0.29, 0.717) is 42.5 Å². The van der Waals surface area contributed by atoms with Crippen LogP contribution in [0.2, 0.25) is 0 Å². The molecule has 0 saturated carbocycles. The Hall–Kier alpha value is -6.96. The van der Waals surface area contributed by atoms with E-state index in [1.165, 1.54) is 4.90 Å². The van der Waals surface area contributed by atoms with Crippen molar-refractivity contribution >= 4 is 56.8 Å². The number of aromatic nitrogens is 3. The maximum atomic E-state index is 14.0. The lowest BCUT2D eigenvalue weighted by atomic mass is 9.85. The molecule has 4 heterocycles. The number of aryl methyl sites for hydroxylation is 3. The number of β-amino-alcohol motifs (C(OH)–C–C–N with tert-alkyl or cyclic N) is 1. The Morgan fingerprint density at radius 3 is 2.22 bits per heavy atom. The number of aliphatic hydroxyl groups excluding tert-OH is 1. The van der Waals surface area contributed by atoms with Gasteiger partial charge in [0.2, 0.25) is 23.6 Å². The van der Waals surface area contributed by atoms with E-state index in [1.54, 1.807) is 17.4 Å². The van der Waals surface area contributed by atoms with Crippen LogP contribution in [0.3, 0.4) is 0 Å². The van der Waals surface area contributed by atoms with E-state index >= 15 is 0 Å². The number of likely N-dealkylation sites (tertiary alicyclic amines) is 1. The highest BCUT2D eigenvalue weighted by atomic mass is 32.1. The SMILES string of the molecule is Cc1ncsc1-c1ccc(CNC(=O)[C@@H]2C[C@@H](O)CN2C(=O)C(NC(=O)COCCOCCOCCOc2ccc3c(c2)c2c(C(N)=O)cc(-c4c(C)noc4C)cc2n3Cc2ccccc2)C(C)(C)C)cc1. The topological polar surface area (TPSA) is 223 Å². The van der Waals surface area contributed by atoms with Crippen LogP contribution in [-0.4, -0.2) is 119 Å². The van der Waals surface area contributed by atoms with Gasteiger partial charge in [-0.15, -0.1) is 11.3 Å². The van der Waals surface area contributed by atoms with Crippen LogP contribution in [0.4, 0.5) is 0 Å². The van der Waals surface area contributed by atoms with Crippen molar-refractivity contribution in [2.45, 2.75) is 79.2 Å². The van der Waals surface area contributed by atoms with Crippen LogP contribution in [0.15, 0.2) is 95.0 Å². The molecule has 7 aromatic rings. The van der Waals surface area contributed by atoms with Gasteiger partial charge in [0.1, 0.15) is 36.8 Å². The van der Waals surface area contributed by atoms with Crippen LogP contribution in [0, 0.1) is 26.2 Å². The fourth-order valence-corrected chi connectivity index (χ4v) is 10.1. The third-order valence-electron chi connectivity index (χ3n) is 12.9. The number of amides is 4. The zero-order valence-electron chi connectivity index (χ0n) is 42.1. The summed E-state index contributed by atoms with van der Waals surface area (Å²) in [7, 11) is 0. The lowest BCUT2D eigenvalue weighted by molar-refractivity contribution is -0.144. The first kappa shape index (κ1) is 52.4. The van der Waals surface area contributed by atoms with Crippen molar-refractivity contribution < 1.29 is 47.8 Å². The fourth-order valence-electron chi connectivity index (χ4n) is 9.27. The van der Waals surface area contributed by atoms with E-state index in [0.717, 1.165) is 60.2 Å². The van der Waals surface area contributed by atoms with E-state index in [-0.39, 0.29) is 58.5 Å². The first-order valence-electron chi connectivity index (χ1n) is 24.4. The molecule has 1 aliphatic rings. The molecular formula is C55H63N7O10S. The Bertz CT molecular complexity index is 3050. The quantitative estimate of drug-likeness (QED) is 0.0510. The minimum absolute atomic E-state index is 0.0280. The van der Waals surface area contributed by atoms with Gasteiger partial charge in [0.05, 0.1) is 66.4 Å². The van der Waals surface area contributed by atoms with Gasteiger partial charge in [0.15, 0.2) is 0 Å². The van der Waals surface area contributed by atoms with Crippen LogP contribution in [0.5, 0.6) is 5.75 Å². The molecule has 3 aromatic heterocycles. The molecule has 0 spiro atoms. The number of hydrogen-bond acceptors (Lipinski definition) is 13. The second-order valence-electron chi connectivity index (χ2n) is 19.3. The lowest BCUT2D eigenvalue weighted by Gasteiger charge is -2.35. The number of fused-ring (bicyclic) bond motifs is 3. The molecule has 3 atom stereocenters. The molecular weight excluding hydrogens is 951 g/mol. The van der Waals surface area contributed by atoms with Crippen molar-refractivity contribution in [3.8, 4) is 27.3 Å². The predicted molar refractivity (Wildman–Crippen MR) is 278 cm³/mol. The average Bonchev–Trinajstić information content (AvgIpc) is 4.15. The molecule has 1 unspecified atom stereocenters. The molecule has 0 radical (unpaired) electrons. The number of nitrogens with zero attached hydrogens (tertiary/aromatic N) is 4. The van der Waals surface area contributed by atoms with Gasteiger partial charge in [-0.05, 0) is 78.8 Å². The zero-order chi connectivity index (χ0) is 51.8. The summed E-state index contributed by atoms with van der Waals surface area (Å²) in [5, 5.41) is 22.0. The number of benzene rings is 4. The lowest BCUT2D eigenvalue weighted by Crippen LogP contribution is -2.58. The number of rotatable bonds is 22. The van der Waals surface area contributed by atoms with E-state index in [4.69, 9.17) is 29.2 Å². The Labute approximate surface area is 427 Å². The van der Waals surface area contributed by atoms with E-state index in [2.05, 4.69) is 43.5 Å². The van der Waals surface area contributed by atoms with Crippen molar-refractivity contribution in [2.75, 3.05) is 52.8 Å². The second kappa shape index (κ2) is 23.3. The van der Waals surface area contributed by atoms with Gasteiger partial charge in [-0.3, -0.25) is 19.2 Å². The van der Waals surface area contributed by atoms with Crippen molar-refractivity contribution in [3.05, 3.63) is 124 Å². The molecule has 1 saturated heterocycles. The van der Waals surface area contributed by atoms with Crippen LogP contribution >= 0.6 is 11.3 Å². The molecule has 18 heteroatoms. The normalized spacial score (nSPS) is 15.2. The fraction of sp³-hybridized carbons (Fsp3) is 0.382. The number of aliphatic hydroxyl groups is 1. The molecule has 384 valence electrons. The Morgan fingerprint density at radius 1 is 0.849 bits per heavy atom. The number of hydrogen-bond donors (Lipinski definition) is 4. The predicted octanol–water partition coefficient (Wildman–Crippen LogP) is 6.88. The molecule has 0 aliphatic carbocycles. The Balaban J connectivity index is 0.771. The van der Waals surface area contributed by atoms with Gasteiger partial charge >= 0.3 is 0 Å². The van der Waals surface area contributed by atoms with Crippen LogP contribution < -0.4 is 21.1 Å². The van der Waals surface area contributed by atoms with Crippen LogP contribution in [-0.2, 0) is 41.7 Å². The van der Waals surface area contributed by atoms with Gasteiger partial charge in [-0.1, -0.05) is 80.5 Å². The summed E-state index contributed by atoms with van der Waals surface area (Å²) in [6.45, 7) is 13.1. The van der Waals surface area contributed by atoms with Gasteiger partial charge in [0, 0.05) is 53.5 Å². The average molecular weight is 1010 g/mol. The maximum Gasteiger partial charge on any atom is 0.249 e. The second-order valence-corrected chi connectivity index (χ2v) is 20.2. The summed E-state index contributed by atoms with van der Waals surface area (Å²) < 4.78 is 30.8. The molecule has 1 aliphatic heterocycles. The highest BCUT2D eigenvalue weighted by Gasteiger charge is 2.44. The van der Waals surface area contributed by atoms with Gasteiger partial charge < -0.3 is 54.4 Å². The number of primary amides is 1. The first-order valence-corrected chi connectivity index (χ1v) is 25.2. The molecule has 4 aromatic carbocycles. The van der Waals surface area contributed by atoms with Crippen LogP contribution in [0.25, 0.3) is 43.4 Å². The number of ether oxygens (including phenoxy) is 4. The molecule has 17 nitrogen and oxygen atoms in total. The summed E-state index contributed by atoms with van der Waals surface area (Å²) in [6, 6.07) is 25.8. The number of carbonyl (C=O) groups excluding carboxylic acids is 4. The third kappa shape index (κ3) is 12.5. The van der Waals surface area contributed by atoms with Gasteiger partial charge in [0.25, 0.3) is 0 Å². The Morgan fingerprint density at radius 2 is 1.56 bits per heavy atom. The standard InChI is InChI=1S/C55H63N7O10S/c1-33-48(35(3)72-60-33)39-24-43(52(56)65)49-42-27-41(16-17-44(42)61(45(49)25-39)29-37-10-8-7-9-11-37)71-23-22-69-19-18-68-20-21-70-31-47(64)59-51(55(4,5)6)54(67)62-30-40(63)26-46(62)53(66)57-28-36-12-14-38(15-13-36)50-34(2)58-32-73-50/h7-17,24-25,27,32,40,46,51,63H,18-23,26,28-31H2,1-6H3,(H2,56,65)(H,57,66)(H,59,64)/t40-,46+,51?/m1/s1. The van der Waals surface area contributed by atoms with Crippen molar-refractivity contribution in [3.63, 3.8) is 0 Å². The number of carbonyl (C=O) groups is 4. The summed E-state index contributed by atoms with van der Waals surface area (Å²) in [6.07, 6.45) is -0.798. The molecule has 0 bridgehead atoms. The minimum atomic E-state index is -0.984. The highest BCUT2D eigenvalue weighted by molar-refractivity contribution is 7.13. The largest absolute Gasteiger partial charge is 0.491 e. The Kier molecular flexibility index (Phi) is 16.7. The molecule has 1 fully saturated rings. The summed E-state index contributed by atoms with van der Waals surface area (Å²) >= 11 is 1.57. The maximum absolute atomic E-state index is 14.0. The summed E-state index contributed by atoms with van der Waals surface area (Å²) in [4.78, 5) is 60.4. The monoisotopic (exact) mass is 1010 g/mol. The van der Waals surface area contributed by atoms with Gasteiger partial charge in [-0.2, -0.15) is 0 Å². The van der Waals surface area contributed by atoms with E-state index in [1.807, 2.05) is 108 Å². The number of nitrogens with one attached hydrogen (secondary N) is 2. The first-order chi connectivity index (χ1) is 35.1. The third-order valence-corrected chi connectivity index (χ3v) is 13.9. The number of thiazole rings is 1. The van der Waals surface area contributed by atoms with Crippen molar-refractivity contribution in [1.29, 1.82) is 0 Å². The van der Waals surface area contributed by atoms with Crippen LogP contribution in [0.1, 0.15) is 65.8 Å². The summed E-state index contributed by atoms with van der Waals surface area (Å²) in [5.41, 5.74) is 15.6. The highest BCUT2D eigenvalue weighted by Crippen LogP contribution is 2.39. The number of nitrogens with two attached hydrogens (primary N) is 1. The smallest absolute Gasteiger partial charge is 0.249 e. The molecule has 5 N–H and O–H groups in total. The molecule has 73 heavy (non-hydrogen) atoms. The van der Waals surface area contributed by atoms with E-state index < -0.39 is 41.3 Å². The molecule has 8 rings (SSSR count). The van der Waals surface area contributed by atoms with Gasteiger partial charge in [-0.25, -0.2) is 4.98 Å². The zero-order valence-corrected chi connectivity index (χ0v) is 42.9. The molecule has 4 amide bonds. The summed E-state index contributed by atoms with van der Waals surface area (Å²) in [5.74, 6) is -0.632. The van der Waals surface area contributed by atoms with Crippen molar-refractivity contribution in [1.82, 2.24) is 30.2 Å². The van der Waals surface area contributed by atoms with E-state index in [9.17, 15) is 24.3 Å². The minimum Gasteiger partial charge on any atom is -0.491 e. The van der Waals surface area contributed by atoms with Crippen molar-refractivity contribution in [2.24, 2.45) is 11.1 Å².